The van der Waals surface area contributed by atoms with Gasteiger partial charge in [-0.2, -0.15) is 0 Å². The fourth-order valence-electron chi connectivity index (χ4n) is 1.87. The van der Waals surface area contributed by atoms with Gasteiger partial charge < -0.3 is 5.32 Å². The molecule has 0 saturated carbocycles. The third-order valence-corrected chi connectivity index (χ3v) is 4.76. The molecule has 1 N–H and O–H groups in total. The minimum absolute atomic E-state index is 0.337. The van der Waals surface area contributed by atoms with Crippen molar-refractivity contribution in [2.45, 2.75) is 32.7 Å². The van der Waals surface area contributed by atoms with Crippen LogP contribution < -0.4 is 5.32 Å². The summed E-state index contributed by atoms with van der Waals surface area (Å²) in [7, 11) is 0. The molecule has 0 amide bonds. The van der Waals surface area contributed by atoms with E-state index in [2.05, 4.69) is 78.4 Å². The van der Waals surface area contributed by atoms with Crippen LogP contribution in [-0.4, -0.2) is 0 Å². The molecular weight excluding hydrogens is 306 g/mol. The van der Waals surface area contributed by atoms with Crippen molar-refractivity contribution in [2.24, 2.45) is 0 Å². The van der Waals surface area contributed by atoms with Gasteiger partial charge in [0, 0.05) is 10.6 Å². The lowest BCUT2D eigenvalue weighted by molar-refractivity contribution is 0.862. The van der Waals surface area contributed by atoms with Crippen molar-refractivity contribution in [1.29, 1.82) is 0 Å². The maximum atomic E-state index is 3.56. The zero-order chi connectivity index (χ0) is 13.1. The van der Waals surface area contributed by atoms with Gasteiger partial charge in [0.15, 0.2) is 0 Å². The molecule has 1 nitrogen and oxygen atoms in total. The third-order valence-electron chi connectivity index (χ3n) is 2.96. The summed E-state index contributed by atoms with van der Waals surface area (Å²) in [5.74, 6) is 0.568. The molecule has 1 atom stereocenters. The number of nitrogens with one attached hydrogen (secondary N) is 1. The van der Waals surface area contributed by atoms with E-state index in [-0.39, 0.29) is 0 Å². The minimum Gasteiger partial charge on any atom is -0.378 e. The molecule has 3 heteroatoms. The van der Waals surface area contributed by atoms with E-state index in [0.717, 1.165) is 0 Å². The van der Waals surface area contributed by atoms with Crippen LogP contribution in [0.15, 0.2) is 40.2 Å². The zero-order valence-corrected chi connectivity index (χ0v) is 13.3. The lowest BCUT2D eigenvalue weighted by Gasteiger charge is -2.15. The molecular formula is C15H18BrNS. The molecule has 0 spiro atoms. The van der Waals surface area contributed by atoms with E-state index < -0.39 is 0 Å². The van der Waals surface area contributed by atoms with Crippen LogP contribution in [0.2, 0.25) is 0 Å². The quantitative estimate of drug-likeness (QED) is 0.748. The van der Waals surface area contributed by atoms with Crippen molar-refractivity contribution >= 4 is 33.0 Å². The second kappa shape index (κ2) is 5.89. The second-order valence-electron chi connectivity index (χ2n) is 4.79. The van der Waals surface area contributed by atoms with Gasteiger partial charge in [-0.25, -0.2) is 0 Å². The van der Waals surface area contributed by atoms with E-state index in [4.69, 9.17) is 0 Å². The normalized spacial score (nSPS) is 12.7. The highest BCUT2D eigenvalue weighted by atomic mass is 79.9. The molecule has 1 aromatic carbocycles. The van der Waals surface area contributed by atoms with Gasteiger partial charge in [-0.05, 0) is 58.6 Å². The molecule has 1 unspecified atom stereocenters. The molecule has 2 aromatic rings. The van der Waals surface area contributed by atoms with Crippen LogP contribution in [0.4, 0.5) is 5.69 Å². The monoisotopic (exact) mass is 323 g/mol. The van der Waals surface area contributed by atoms with E-state index in [9.17, 15) is 0 Å². The average molecular weight is 324 g/mol. The predicted molar refractivity (Wildman–Crippen MR) is 84.6 cm³/mol. The SMILES string of the molecule is CC(C)c1cccc(NC(C)c2ccc(Br)s2)c1. The standard InChI is InChI=1S/C15H18BrNS/c1-10(2)12-5-4-6-13(9-12)17-11(3)14-7-8-15(16)18-14/h4-11,17H,1-3H3. The van der Waals surface area contributed by atoms with E-state index in [0.29, 0.717) is 12.0 Å². The Labute approximate surface area is 121 Å². The Kier molecular flexibility index (Phi) is 4.46. The number of halogens is 1. The molecule has 0 saturated heterocycles. The topological polar surface area (TPSA) is 12.0 Å². The first-order chi connectivity index (χ1) is 8.56. The lowest BCUT2D eigenvalue weighted by Crippen LogP contribution is -2.05. The van der Waals surface area contributed by atoms with Crippen LogP contribution in [0.25, 0.3) is 0 Å². The van der Waals surface area contributed by atoms with E-state index in [1.165, 1.54) is 19.9 Å². The van der Waals surface area contributed by atoms with Crippen LogP contribution in [-0.2, 0) is 0 Å². The predicted octanol–water partition coefficient (Wildman–Crippen LogP) is 5.81. The van der Waals surface area contributed by atoms with Gasteiger partial charge in [-0.15, -0.1) is 11.3 Å². The highest BCUT2D eigenvalue weighted by molar-refractivity contribution is 9.11. The van der Waals surface area contributed by atoms with Gasteiger partial charge in [0.2, 0.25) is 0 Å². The van der Waals surface area contributed by atoms with Crippen molar-refractivity contribution in [3.05, 3.63) is 50.6 Å². The zero-order valence-electron chi connectivity index (χ0n) is 10.9. The first kappa shape index (κ1) is 13.6. The summed E-state index contributed by atoms with van der Waals surface area (Å²) in [6.07, 6.45) is 0. The first-order valence-electron chi connectivity index (χ1n) is 6.18. The smallest absolute Gasteiger partial charge is 0.0702 e. The van der Waals surface area contributed by atoms with Gasteiger partial charge in [0.1, 0.15) is 0 Å². The Balaban J connectivity index is 2.11. The fraction of sp³-hybridized carbons (Fsp3) is 0.333. The Morgan fingerprint density at radius 2 is 1.89 bits per heavy atom. The van der Waals surface area contributed by atoms with Crippen LogP contribution in [0.3, 0.4) is 0 Å². The summed E-state index contributed by atoms with van der Waals surface area (Å²) in [6, 6.07) is 13.3. The fourth-order valence-corrected chi connectivity index (χ4v) is 3.30. The van der Waals surface area contributed by atoms with E-state index >= 15 is 0 Å². The summed E-state index contributed by atoms with van der Waals surface area (Å²) < 4.78 is 1.18. The largest absolute Gasteiger partial charge is 0.378 e. The Bertz CT molecular complexity index is 519. The molecule has 2 rings (SSSR count). The van der Waals surface area contributed by atoms with Gasteiger partial charge in [0.25, 0.3) is 0 Å². The summed E-state index contributed by atoms with van der Waals surface area (Å²) in [5, 5.41) is 3.56. The molecule has 0 fully saturated rings. The van der Waals surface area contributed by atoms with Crippen molar-refractivity contribution in [1.82, 2.24) is 0 Å². The van der Waals surface area contributed by atoms with Crippen LogP contribution in [0.5, 0.6) is 0 Å². The van der Waals surface area contributed by atoms with Gasteiger partial charge in [0.05, 0.1) is 9.83 Å². The maximum Gasteiger partial charge on any atom is 0.0702 e. The van der Waals surface area contributed by atoms with Gasteiger partial charge in [-0.1, -0.05) is 26.0 Å². The molecule has 1 aromatic heterocycles. The minimum atomic E-state index is 0.337. The van der Waals surface area contributed by atoms with Gasteiger partial charge in [-0.3, -0.25) is 0 Å². The van der Waals surface area contributed by atoms with Crippen LogP contribution in [0.1, 0.15) is 43.2 Å². The van der Waals surface area contributed by atoms with Crippen LogP contribution in [0, 0.1) is 0 Å². The molecule has 18 heavy (non-hydrogen) atoms. The number of benzene rings is 1. The summed E-state index contributed by atoms with van der Waals surface area (Å²) in [5.41, 5.74) is 2.57. The number of anilines is 1. The molecule has 0 aliphatic rings. The summed E-state index contributed by atoms with van der Waals surface area (Å²) >= 11 is 5.29. The molecule has 0 bridgehead atoms. The van der Waals surface area contributed by atoms with Crippen molar-refractivity contribution < 1.29 is 0 Å². The maximum absolute atomic E-state index is 3.56. The van der Waals surface area contributed by atoms with Gasteiger partial charge >= 0.3 is 0 Å². The molecule has 0 radical (unpaired) electrons. The molecule has 0 aliphatic carbocycles. The molecule has 0 aliphatic heterocycles. The first-order valence-corrected chi connectivity index (χ1v) is 7.79. The summed E-state index contributed by atoms with van der Waals surface area (Å²) in [6.45, 7) is 6.64. The van der Waals surface area contributed by atoms with E-state index in [1.54, 1.807) is 11.3 Å². The Morgan fingerprint density at radius 1 is 1.11 bits per heavy atom. The second-order valence-corrected chi connectivity index (χ2v) is 7.28. The molecule has 96 valence electrons. The highest BCUT2D eigenvalue weighted by Gasteiger charge is 2.08. The van der Waals surface area contributed by atoms with Crippen molar-refractivity contribution in [3.8, 4) is 0 Å². The number of rotatable bonds is 4. The van der Waals surface area contributed by atoms with Crippen LogP contribution >= 0.6 is 27.3 Å². The molecule has 1 heterocycles. The number of hydrogen-bond acceptors (Lipinski definition) is 2. The number of hydrogen-bond donors (Lipinski definition) is 1. The third kappa shape index (κ3) is 3.36. The number of thiophene rings is 1. The Morgan fingerprint density at radius 3 is 2.50 bits per heavy atom. The van der Waals surface area contributed by atoms with E-state index in [1.807, 2.05) is 0 Å². The average Bonchev–Trinajstić information content (AvgIpc) is 2.76. The Hall–Kier alpha value is -0.800. The lowest BCUT2D eigenvalue weighted by atomic mass is 10.0. The highest BCUT2D eigenvalue weighted by Crippen LogP contribution is 2.29. The summed E-state index contributed by atoms with van der Waals surface area (Å²) in [4.78, 5) is 1.34. The van der Waals surface area contributed by atoms with Crippen molar-refractivity contribution in [2.75, 3.05) is 5.32 Å². The van der Waals surface area contributed by atoms with Crippen molar-refractivity contribution in [3.63, 3.8) is 0 Å².